The van der Waals surface area contributed by atoms with Crippen molar-refractivity contribution >= 4 is 12.0 Å². The maximum Gasteiger partial charge on any atom is 0.332 e. The molecule has 1 fully saturated rings. The lowest BCUT2D eigenvalue weighted by Crippen LogP contribution is -2.46. The van der Waals surface area contributed by atoms with E-state index < -0.39 is 12.1 Å². The van der Waals surface area contributed by atoms with Crippen molar-refractivity contribution in [2.24, 2.45) is 5.92 Å². The van der Waals surface area contributed by atoms with Gasteiger partial charge in [0, 0.05) is 12.6 Å². The van der Waals surface area contributed by atoms with Crippen LogP contribution in [-0.2, 0) is 9.53 Å². The van der Waals surface area contributed by atoms with Crippen molar-refractivity contribution in [3.63, 3.8) is 0 Å². The van der Waals surface area contributed by atoms with Crippen LogP contribution in [0.5, 0.6) is 0 Å². The topological polar surface area (TPSA) is 87.7 Å². The van der Waals surface area contributed by atoms with Crippen molar-refractivity contribution in [3.05, 3.63) is 0 Å². The predicted octanol–water partition coefficient (Wildman–Crippen LogP) is 1.35. The summed E-state index contributed by atoms with van der Waals surface area (Å²) in [7, 11) is 0. The van der Waals surface area contributed by atoms with Crippen LogP contribution >= 0.6 is 0 Å². The van der Waals surface area contributed by atoms with E-state index in [2.05, 4.69) is 24.5 Å². The number of carbonyl (C=O) groups is 2. The lowest BCUT2D eigenvalue weighted by atomic mass is 10.0. The van der Waals surface area contributed by atoms with Gasteiger partial charge < -0.3 is 20.5 Å². The normalized spacial score (nSPS) is 24.2. The fraction of sp³-hybridized carbons (Fsp3) is 0.846. The average Bonchev–Trinajstić information content (AvgIpc) is 2.82. The van der Waals surface area contributed by atoms with Crippen molar-refractivity contribution in [2.75, 3.05) is 6.54 Å². The van der Waals surface area contributed by atoms with Crippen molar-refractivity contribution in [2.45, 2.75) is 58.3 Å². The lowest BCUT2D eigenvalue weighted by molar-refractivity contribution is -0.149. The van der Waals surface area contributed by atoms with Crippen LogP contribution in [0.2, 0.25) is 0 Å². The molecule has 0 radical (unpaired) electrons. The molecule has 110 valence electrons. The van der Waals surface area contributed by atoms with E-state index in [1.165, 1.54) is 0 Å². The molecule has 1 rings (SSSR count). The fourth-order valence-corrected chi connectivity index (χ4v) is 2.20. The van der Waals surface area contributed by atoms with Crippen LogP contribution in [0.3, 0.4) is 0 Å². The van der Waals surface area contributed by atoms with Gasteiger partial charge >= 0.3 is 12.0 Å². The molecule has 0 saturated carbocycles. The Balaban J connectivity index is 2.26. The van der Waals surface area contributed by atoms with Crippen molar-refractivity contribution in [3.8, 4) is 0 Å². The minimum Gasteiger partial charge on any atom is -0.479 e. The van der Waals surface area contributed by atoms with Gasteiger partial charge in [0.25, 0.3) is 0 Å². The van der Waals surface area contributed by atoms with Crippen LogP contribution in [0.1, 0.15) is 40.0 Å². The molecular formula is C13H24N2O4. The number of nitrogens with one attached hydrogen (secondary N) is 2. The summed E-state index contributed by atoms with van der Waals surface area (Å²) in [4.78, 5) is 22.4. The summed E-state index contributed by atoms with van der Waals surface area (Å²) in [6.07, 6.45) is 1.12. The number of urea groups is 1. The number of rotatable bonds is 6. The first-order chi connectivity index (χ1) is 8.93. The van der Waals surface area contributed by atoms with E-state index in [9.17, 15) is 9.59 Å². The number of hydrogen-bond donors (Lipinski definition) is 3. The van der Waals surface area contributed by atoms with Crippen molar-refractivity contribution in [1.82, 2.24) is 10.6 Å². The number of hydrogen-bond acceptors (Lipinski definition) is 3. The Kier molecular flexibility index (Phi) is 6.08. The molecule has 0 aromatic carbocycles. The number of carboxylic acid groups (broad SMARTS) is 1. The smallest absolute Gasteiger partial charge is 0.332 e. The average molecular weight is 272 g/mol. The first-order valence-corrected chi connectivity index (χ1v) is 6.86. The largest absolute Gasteiger partial charge is 0.479 e. The van der Waals surface area contributed by atoms with Crippen molar-refractivity contribution < 1.29 is 19.4 Å². The molecule has 0 spiro atoms. The van der Waals surface area contributed by atoms with Gasteiger partial charge in [0.1, 0.15) is 0 Å². The van der Waals surface area contributed by atoms with Gasteiger partial charge in [-0.1, -0.05) is 20.8 Å². The zero-order valence-electron chi connectivity index (χ0n) is 11.8. The highest BCUT2D eigenvalue weighted by molar-refractivity contribution is 5.74. The third kappa shape index (κ3) is 5.06. The number of carboxylic acids is 1. The van der Waals surface area contributed by atoms with E-state index in [-0.39, 0.29) is 18.2 Å². The molecule has 0 aliphatic carbocycles. The molecule has 1 heterocycles. The lowest BCUT2D eigenvalue weighted by Gasteiger charge is -2.21. The number of aliphatic carboxylic acids is 1. The van der Waals surface area contributed by atoms with Gasteiger partial charge in [-0.2, -0.15) is 0 Å². The molecule has 2 amide bonds. The molecule has 0 bridgehead atoms. The van der Waals surface area contributed by atoms with E-state index in [4.69, 9.17) is 9.84 Å². The number of carbonyl (C=O) groups excluding carboxylic acids is 1. The third-order valence-electron chi connectivity index (χ3n) is 3.43. The van der Waals surface area contributed by atoms with E-state index in [1.54, 1.807) is 0 Å². The first kappa shape index (κ1) is 15.8. The highest BCUT2D eigenvalue weighted by Gasteiger charge is 2.30. The zero-order chi connectivity index (χ0) is 14.4. The van der Waals surface area contributed by atoms with Gasteiger partial charge in [-0.05, 0) is 25.2 Å². The first-order valence-electron chi connectivity index (χ1n) is 6.86. The minimum absolute atomic E-state index is 0.149. The molecule has 0 aromatic rings. The monoisotopic (exact) mass is 272 g/mol. The van der Waals surface area contributed by atoms with Gasteiger partial charge in [-0.25, -0.2) is 9.59 Å². The standard InChI is InChI=1S/C13H24N2O4/c1-4-10(8(2)3)15-13(18)14-7-9-5-6-11(19-9)12(16)17/h8-11H,4-7H2,1-3H3,(H,16,17)(H2,14,15,18). The Bertz CT molecular complexity index is 320. The van der Waals surface area contributed by atoms with E-state index >= 15 is 0 Å². The molecule has 3 atom stereocenters. The predicted molar refractivity (Wildman–Crippen MR) is 71.0 cm³/mol. The summed E-state index contributed by atoms with van der Waals surface area (Å²) in [5, 5.41) is 14.4. The van der Waals surface area contributed by atoms with Crippen LogP contribution in [0.25, 0.3) is 0 Å². The summed E-state index contributed by atoms with van der Waals surface area (Å²) in [6.45, 7) is 6.50. The van der Waals surface area contributed by atoms with Crippen LogP contribution < -0.4 is 10.6 Å². The summed E-state index contributed by atoms with van der Waals surface area (Å²) in [6, 6.07) is -0.0702. The van der Waals surface area contributed by atoms with Gasteiger partial charge in [0.15, 0.2) is 6.10 Å². The Morgan fingerprint density at radius 3 is 2.53 bits per heavy atom. The summed E-state index contributed by atoms with van der Waals surface area (Å²) in [5.41, 5.74) is 0. The number of amides is 2. The Hall–Kier alpha value is -1.30. The molecule has 1 saturated heterocycles. The molecule has 3 N–H and O–H groups in total. The zero-order valence-corrected chi connectivity index (χ0v) is 11.8. The quantitative estimate of drug-likeness (QED) is 0.681. The van der Waals surface area contributed by atoms with Gasteiger partial charge in [0.2, 0.25) is 0 Å². The summed E-state index contributed by atoms with van der Waals surface area (Å²) in [5.74, 6) is -0.548. The second-order valence-electron chi connectivity index (χ2n) is 5.28. The Morgan fingerprint density at radius 2 is 2.05 bits per heavy atom. The van der Waals surface area contributed by atoms with Crippen LogP contribution in [0, 0.1) is 5.92 Å². The highest BCUT2D eigenvalue weighted by Crippen LogP contribution is 2.19. The molecule has 1 aliphatic heterocycles. The van der Waals surface area contributed by atoms with E-state index in [0.29, 0.717) is 25.3 Å². The van der Waals surface area contributed by atoms with Crippen LogP contribution in [0.15, 0.2) is 0 Å². The van der Waals surface area contributed by atoms with E-state index in [1.807, 2.05) is 6.92 Å². The summed E-state index contributed by atoms with van der Waals surface area (Å²) < 4.78 is 5.31. The molecule has 1 aliphatic rings. The van der Waals surface area contributed by atoms with Gasteiger partial charge in [-0.15, -0.1) is 0 Å². The minimum atomic E-state index is -0.933. The molecule has 6 nitrogen and oxygen atoms in total. The summed E-state index contributed by atoms with van der Waals surface area (Å²) >= 11 is 0. The third-order valence-corrected chi connectivity index (χ3v) is 3.43. The maximum atomic E-state index is 11.7. The van der Waals surface area contributed by atoms with Crippen molar-refractivity contribution in [1.29, 1.82) is 0 Å². The fourth-order valence-electron chi connectivity index (χ4n) is 2.20. The molecule has 19 heavy (non-hydrogen) atoms. The van der Waals surface area contributed by atoms with Crippen LogP contribution in [-0.4, -0.2) is 41.9 Å². The van der Waals surface area contributed by atoms with Gasteiger partial charge in [-0.3, -0.25) is 0 Å². The second-order valence-corrected chi connectivity index (χ2v) is 5.28. The maximum absolute atomic E-state index is 11.7. The number of ether oxygens (including phenoxy) is 1. The van der Waals surface area contributed by atoms with Crippen LogP contribution in [0.4, 0.5) is 4.79 Å². The van der Waals surface area contributed by atoms with Gasteiger partial charge in [0.05, 0.1) is 6.10 Å². The second kappa shape index (κ2) is 7.33. The molecule has 3 unspecified atom stereocenters. The Labute approximate surface area is 113 Å². The SMILES string of the molecule is CCC(NC(=O)NCC1CCC(C(=O)O)O1)C(C)C. The molecule has 0 aromatic heterocycles. The molecule has 6 heteroatoms. The van der Waals surface area contributed by atoms with E-state index in [0.717, 1.165) is 6.42 Å². The Morgan fingerprint density at radius 1 is 1.37 bits per heavy atom. The highest BCUT2D eigenvalue weighted by atomic mass is 16.5. The molecular weight excluding hydrogens is 248 g/mol.